The van der Waals surface area contributed by atoms with Gasteiger partial charge in [-0.2, -0.15) is 0 Å². The summed E-state index contributed by atoms with van der Waals surface area (Å²) in [5, 5.41) is 18.9. The zero-order valence-corrected chi connectivity index (χ0v) is 13.7. The summed E-state index contributed by atoms with van der Waals surface area (Å²) in [4.78, 5) is 10.9. The van der Waals surface area contributed by atoms with E-state index in [-0.39, 0.29) is 6.10 Å². The molecule has 0 spiro atoms. The molecule has 120 valence electrons. The standard InChI is InChI=1S/C17H34O3/c1-4-5-6-7-9-12-15(18)13-10-8-11-14-17(2,3)16(19)20/h15,18H,4-14H2,1-3H3,(H,19,20). The highest BCUT2D eigenvalue weighted by Gasteiger charge is 2.25. The third-order valence-corrected chi connectivity index (χ3v) is 4.06. The van der Waals surface area contributed by atoms with Gasteiger partial charge in [0.2, 0.25) is 0 Å². The van der Waals surface area contributed by atoms with Crippen molar-refractivity contribution in [2.24, 2.45) is 5.41 Å². The summed E-state index contributed by atoms with van der Waals surface area (Å²) in [6.45, 7) is 5.77. The predicted octanol–water partition coefficient (Wildman–Crippen LogP) is 4.77. The zero-order chi connectivity index (χ0) is 15.4. The molecule has 0 aliphatic rings. The largest absolute Gasteiger partial charge is 0.481 e. The van der Waals surface area contributed by atoms with E-state index in [1.807, 2.05) is 0 Å². The molecule has 1 atom stereocenters. The van der Waals surface area contributed by atoms with E-state index in [1.165, 1.54) is 25.7 Å². The molecular formula is C17H34O3. The second-order valence-corrected chi connectivity index (χ2v) is 6.65. The second kappa shape index (κ2) is 11.1. The maximum Gasteiger partial charge on any atom is 0.309 e. The Morgan fingerprint density at radius 2 is 1.45 bits per heavy atom. The minimum atomic E-state index is -0.718. The van der Waals surface area contributed by atoms with E-state index in [4.69, 9.17) is 5.11 Å². The van der Waals surface area contributed by atoms with Gasteiger partial charge < -0.3 is 10.2 Å². The Morgan fingerprint density at radius 1 is 0.950 bits per heavy atom. The third kappa shape index (κ3) is 10.2. The first-order valence-electron chi connectivity index (χ1n) is 8.31. The molecule has 0 bridgehead atoms. The van der Waals surface area contributed by atoms with Gasteiger partial charge in [-0.05, 0) is 33.1 Å². The Hall–Kier alpha value is -0.570. The van der Waals surface area contributed by atoms with Crippen molar-refractivity contribution < 1.29 is 15.0 Å². The number of rotatable bonds is 13. The van der Waals surface area contributed by atoms with Gasteiger partial charge >= 0.3 is 5.97 Å². The first-order chi connectivity index (χ1) is 9.40. The van der Waals surface area contributed by atoms with Crippen molar-refractivity contribution in [1.82, 2.24) is 0 Å². The van der Waals surface area contributed by atoms with Crippen LogP contribution in [0.15, 0.2) is 0 Å². The molecule has 0 aromatic rings. The van der Waals surface area contributed by atoms with Crippen molar-refractivity contribution in [2.45, 2.75) is 97.5 Å². The monoisotopic (exact) mass is 286 g/mol. The fourth-order valence-corrected chi connectivity index (χ4v) is 2.36. The molecule has 0 saturated heterocycles. The van der Waals surface area contributed by atoms with E-state index in [1.54, 1.807) is 13.8 Å². The van der Waals surface area contributed by atoms with Gasteiger partial charge in [-0.25, -0.2) is 0 Å². The van der Waals surface area contributed by atoms with Crippen LogP contribution in [0.5, 0.6) is 0 Å². The number of aliphatic carboxylic acids is 1. The molecule has 0 rings (SSSR count). The minimum absolute atomic E-state index is 0.163. The van der Waals surface area contributed by atoms with Crippen LogP contribution in [0.2, 0.25) is 0 Å². The van der Waals surface area contributed by atoms with Crippen LogP contribution in [0.1, 0.15) is 91.4 Å². The lowest BCUT2D eigenvalue weighted by molar-refractivity contribution is -0.147. The van der Waals surface area contributed by atoms with Crippen molar-refractivity contribution in [2.75, 3.05) is 0 Å². The van der Waals surface area contributed by atoms with Crippen LogP contribution in [-0.4, -0.2) is 22.3 Å². The second-order valence-electron chi connectivity index (χ2n) is 6.65. The van der Waals surface area contributed by atoms with Gasteiger partial charge in [-0.15, -0.1) is 0 Å². The molecule has 0 saturated carbocycles. The average Bonchev–Trinajstić information content (AvgIpc) is 2.37. The highest BCUT2D eigenvalue weighted by atomic mass is 16.4. The van der Waals surface area contributed by atoms with E-state index in [9.17, 15) is 9.90 Å². The first kappa shape index (κ1) is 19.4. The van der Waals surface area contributed by atoms with Gasteiger partial charge in [0.25, 0.3) is 0 Å². The van der Waals surface area contributed by atoms with E-state index in [0.29, 0.717) is 0 Å². The van der Waals surface area contributed by atoms with Gasteiger partial charge in [0.15, 0.2) is 0 Å². The van der Waals surface area contributed by atoms with Gasteiger partial charge in [-0.1, -0.05) is 58.3 Å². The van der Waals surface area contributed by atoms with Crippen molar-refractivity contribution >= 4 is 5.97 Å². The van der Waals surface area contributed by atoms with Crippen LogP contribution in [0, 0.1) is 5.41 Å². The smallest absolute Gasteiger partial charge is 0.309 e. The molecule has 0 radical (unpaired) electrons. The first-order valence-corrected chi connectivity index (χ1v) is 8.31. The maximum absolute atomic E-state index is 10.9. The minimum Gasteiger partial charge on any atom is -0.481 e. The lowest BCUT2D eigenvalue weighted by atomic mass is 9.87. The number of unbranched alkanes of at least 4 members (excludes halogenated alkanes) is 6. The van der Waals surface area contributed by atoms with Crippen LogP contribution in [0.25, 0.3) is 0 Å². The van der Waals surface area contributed by atoms with Crippen molar-refractivity contribution in [3.8, 4) is 0 Å². The number of carbonyl (C=O) groups is 1. The summed E-state index contributed by atoms with van der Waals surface area (Å²) < 4.78 is 0. The summed E-state index contributed by atoms with van der Waals surface area (Å²) in [7, 11) is 0. The molecule has 3 nitrogen and oxygen atoms in total. The molecule has 0 fully saturated rings. The van der Waals surface area contributed by atoms with Crippen molar-refractivity contribution in [1.29, 1.82) is 0 Å². The number of aliphatic hydroxyl groups excluding tert-OH is 1. The molecule has 0 aromatic heterocycles. The Labute approximate surface area is 124 Å². The number of hydrogen-bond acceptors (Lipinski definition) is 2. The van der Waals surface area contributed by atoms with Gasteiger partial charge in [-0.3, -0.25) is 4.79 Å². The molecule has 20 heavy (non-hydrogen) atoms. The van der Waals surface area contributed by atoms with Gasteiger partial charge in [0.05, 0.1) is 11.5 Å². The fraction of sp³-hybridized carbons (Fsp3) is 0.941. The van der Waals surface area contributed by atoms with Crippen LogP contribution in [-0.2, 0) is 4.79 Å². The number of carboxylic acids is 1. The molecule has 0 aliphatic carbocycles. The van der Waals surface area contributed by atoms with Crippen molar-refractivity contribution in [3.05, 3.63) is 0 Å². The zero-order valence-electron chi connectivity index (χ0n) is 13.7. The fourth-order valence-electron chi connectivity index (χ4n) is 2.36. The molecule has 0 aromatic carbocycles. The van der Waals surface area contributed by atoms with E-state index < -0.39 is 11.4 Å². The predicted molar refractivity (Wildman–Crippen MR) is 83.9 cm³/mol. The Balaban J connectivity index is 3.44. The van der Waals surface area contributed by atoms with Crippen LogP contribution < -0.4 is 0 Å². The maximum atomic E-state index is 10.9. The summed E-state index contributed by atoms with van der Waals surface area (Å²) in [5.41, 5.74) is -0.613. The summed E-state index contributed by atoms with van der Waals surface area (Å²) in [6, 6.07) is 0. The summed E-state index contributed by atoms with van der Waals surface area (Å²) in [6.07, 6.45) is 11.5. The highest BCUT2D eigenvalue weighted by Crippen LogP contribution is 2.24. The third-order valence-electron chi connectivity index (χ3n) is 4.06. The summed E-state index contributed by atoms with van der Waals surface area (Å²) in [5.74, 6) is -0.718. The van der Waals surface area contributed by atoms with Crippen LogP contribution in [0.4, 0.5) is 0 Å². The van der Waals surface area contributed by atoms with Crippen LogP contribution in [0.3, 0.4) is 0 Å². The lowest BCUT2D eigenvalue weighted by Gasteiger charge is -2.18. The Kier molecular flexibility index (Phi) is 10.8. The topological polar surface area (TPSA) is 57.5 Å². The molecular weight excluding hydrogens is 252 g/mol. The highest BCUT2D eigenvalue weighted by molar-refractivity contribution is 5.73. The average molecular weight is 286 g/mol. The Morgan fingerprint density at radius 3 is 1.95 bits per heavy atom. The van der Waals surface area contributed by atoms with E-state index in [2.05, 4.69) is 6.92 Å². The molecule has 0 amide bonds. The van der Waals surface area contributed by atoms with E-state index >= 15 is 0 Å². The number of aliphatic hydroxyl groups is 1. The lowest BCUT2D eigenvalue weighted by Crippen LogP contribution is -2.23. The normalized spacial score (nSPS) is 13.4. The van der Waals surface area contributed by atoms with Gasteiger partial charge in [0, 0.05) is 0 Å². The molecule has 1 unspecified atom stereocenters. The summed E-state index contributed by atoms with van der Waals surface area (Å²) >= 11 is 0. The molecule has 3 heteroatoms. The Bertz CT molecular complexity index is 249. The van der Waals surface area contributed by atoms with Gasteiger partial charge in [0.1, 0.15) is 0 Å². The number of hydrogen-bond donors (Lipinski definition) is 2. The quantitative estimate of drug-likeness (QED) is 0.479. The SMILES string of the molecule is CCCCCCCC(O)CCCCCC(C)(C)C(=O)O. The molecule has 0 heterocycles. The van der Waals surface area contributed by atoms with E-state index in [0.717, 1.165) is 44.9 Å². The number of carboxylic acid groups (broad SMARTS) is 1. The molecule has 0 aliphatic heterocycles. The molecule has 2 N–H and O–H groups in total. The van der Waals surface area contributed by atoms with Crippen LogP contribution >= 0.6 is 0 Å². The van der Waals surface area contributed by atoms with Crippen molar-refractivity contribution in [3.63, 3.8) is 0 Å².